The molecule has 0 heterocycles. The van der Waals surface area contributed by atoms with E-state index in [1.807, 2.05) is 12.4 Å². The van der Waals surface area contributed by atoms with Gasteiger partial charge in [-0.3, -0.25) is 0 Å². The first-order chi connectivity index (χ1) is 8.74. The highest BCUT2D eigenvalue weighted by molar-refractivity contribution is 5.49. The van der Waals surface area contributed by atoms with Crippen LogP contribution in [0.3, 0.4) is 0 Å². The molecule has 0 amide bonds. The summed E-state index contributed by atoms with van der Waals surface area (Å²) in [7, 11) is 0. The topological polar surface area (TPSA) is 24.1 Å². The Hall–Kier alpha value is -2.22. The molecule has 2 aromatic carbocycles. The molecule has 0 fully saturated rings. The summed E-state index contributed by atoms with van der Waals surface area (Å²) in [5, 5.41) is 6.42. The zero-order valence-electron chi connectivity index (χ0n) is 10.8. The zero-order chi connectivity index (χ0) is 12.8. The second-order valence-electron chi connectivity index (χ2n) is 4.35. The molecule has 0 aliphatic rings. The minimum Gasteiger partial charge on any atom is -0.360 e. The van der Waals surface area contributed by atoms with Crippen LogP contribution in [0.4, 0.5) is 11.4 Å². The Morgan fingerprint density at radius 1 is 0.611 bits per heavy atom. The van der Waals surface area contributed by atoms with Gasteiger partial charge in [0.1, 0.15) is 0 Å². The molecule has 0 radical (unpaired) electrons. The van der Waals surface area contributed by atoms with E-state index in [0.717, 1.165) is 11.4 Å². The molecular formula is C16H18N2. The van der Waals surface area contributed by atoms with E-state index in [-0.39, 0.29) is 0 Å². The van der Waals surface area contributed by atoms with E-state index < -0.39 is 0 Å². The number of nitrogens with one attached hydrogen (secondary N) is 2. The summed E-state index contributed by atoms with van der Waals surface area (Å²) in [6.45, 7) is 4.16. The monoisotopic (exact) mass is 238 g/mol. The fraction of sp³-hybridized carbons (Fsp3) is 0.125. The number of aryl methyl sites for hydroxylation is 2. The lowest BCUT2D eigenvalue weighted by molar-refractivity contribution is 1.44. The van der Waals surface area contributed by atoms with Crippen molar-refractivity contribution in [3.63, 3.8) is 0 Å². The molecule has 0 bridgehead atoms. The minimum absolute atomic E-state index is 1.09. The fourth-order valence-electron chi connectivity index (χ4n) is 1.58. The van der Waals surface area contributed by atoms with Crippen LogP contribution in [-0.2, 0) is 0 Å². The molecular weight excluding hydrogens is 220 g/mol. The lowest BCUT2D eigenvalue weighted by Crippen LogP contribution is -1.92. The molecule has 2 aromatic rings. The van der Waals surface area contributed by atoms with Crippen molar-refractivity contribution in [2.75, 3.05) is 10.6 Å². The van der Waals surface area contributed by atoms with Gasteiger partial charge in [-0.1, -0.05) is 35.4 Å². The van der Waals surface area contributed by atoms with Gasteiger partial charge in [-0.25, -0.2) is 0 Å². The molecule has 0 aromatic heterocycles. The van der Waals surface area contributed by atoms with Crippen molar-refractivity contribution in [3.8, 4) is 0 Å². The van der Waals surface area contributed by atoms with Gasteiger partial charge in [0, 0.05) is 23.8 Å². The van der Waals surface area contributed by atoms with Crippen LogP contribution < -0.4 is 10.6 Å². The van der Waals surface area contributed by atoms with Gasteiger partial charge in [-0.2, -0.15) is 0 Å². The van der Waals surface area contributed by atoms with Gasteiger partial charge < -0.3 is 10.6 Å². The van der Waals surface area contributed by atoms with E-state index in [1.165, 1.54) is 11.1 Å². The first-order valence-corrected chi connectivity index (χ1v) is 6.05. The number of anilines is 2. The van der Waals surface area contributed by atoms with Gasteiger partial charge in [-0.15, -0.1) is 0 Å². The van der Waals surface area contributed by atoms with Crippen LogP contribution in [-0.4, -0.2) is 0 Å². The molecule has 2 rings (SSSR count). The maximum atomic E-state index is 3.21. The summed E-state index contributed by atoms with van der Waals surface area (Å²) in [6, 6.07) is 16.6. The molecule has 2 nitrogen and oxygen atoms in total. The van der Waals surface area contributed by atoms with E-state index in [4.69, 9.17) is 0 Å². The highest BCUT2D eigenvalue weighted by atomic mass is 14.9. The lowest BCUT2D eigenvalue weighted by Gasteiger charge is -2.03. The second kappa shape index (κ2) is 5.92. The molecule has 0 spiro atoms. The highest BCUT2D eigenvalue weighted by Crippen LogP contribution is 2.10. The van der Waals surface area contributed by atoms with Crippen LogP contribution in [0.2, 0.25) is 0 Å². The number of hydrogen-bond acceptors (Lipinski definition) is 2. The fourth-order valence-corrected chi connectivity index (χ4v) is 1.58. The third-order valence-corrected chi connectivity index (χ3v) is 2.69. The van der Waals surface area contributed by atoms with E-state index in [0.29, 0.717) is 0 Å². The summed E-state index contributed by atoms with van der Waals surface area (Å²) < 4.78 is 0. The van der Waals surface area contributed by atoms with E-state index in [1.54, 1.807) is 0 Å². The van der Waals surface area contributed by atoms with Crippen molar-refractivity contribution in [2.45, 2.75) is 13.8 Å². The van der Waals surface area contributed by atoms with Crippen molar-refractivity contribution in [1.29, 1.82) is 0 Å². The number of benzene rings is 2. The lowest BCUT2D eigenvalue weighted by atomic mass is 10.2. The Kier molecular flexibility index (Phi) is 4.02. The Morgan fingerprint density at radius 2 is 0.944 bits per heavy atom. The van der Waals surface area contributed by atoms with Crippen LogP contribution in [0.1, 0.15) is 11.1 Å². The predicted molar refractivity (Wildman–Crippen MR) is 78.7 cm³/mol. The van der Waals surface area contributed by atoms with Gasteiger partial charge >= 0.3 is 0 Å². The molecule has 0 saturated carbocycles. The van der Waals surface area contributed by atoms with Gasteiger partial charge in [-0.05, 0) is 38.1 Å². The van der Waals surface area contributed by atoms with Crippen molar-refractivity contribution in [2.24, 2.45) is 0 Å². The number of rotatable bonds is 4. The largest absolute Gasteiger partial charge is 0.360 e. The van der Waals surface area contributed by atoms with Crippen LogP contribution in [0.15, 0.2) is 60.9 Å². The summed E-state index contributed by atoms with van der Waals surface area (Å²) in [6.07, 6.45) is 3.79. The summed E-state index contributed by atoms with van der Waals surface area (Å²) in [5.74, 6) is 0. The van der Waals surface area contributed by atoms with E-state index in [9.17, 15) is 0 Å². The third-order valence-electron chi connectivity index (χ3n) is 2.69. The summed E-state index contributed by atoms with van der Waals surface area (Å²) in [5.41, 5.74) is 4.70. The van der Waals surface area contributed by atoms with E-state index >= 15 is 0 Å². The van der Waals surface area contributed by atoms with Crippen LogP contribution in [0.25, 0.3) is 0 Å². The molecule has 2 heteroatoms. The summed E-state index contributed by atoms with van der Waals surface area (Å²) in [4.78, 5) is 0. The molecule has 0 atom stereocenters. The van der Waals surface area contributed by atoms with Crippen molar-refractivity contribution >= 4 is 11.4 Å². The Labute approximate surface area is 108 Å². The zero-order valence-corrected chi connectivity index (χ0v) is 10.8. The standard InChI is InChI=1S/C16H18N2/c1-13-3-7-15(8-4-13)17-11-12-18-16-9-5-14(2)6-10-16/h3-12,17-18H,1-2H3/b12-11+. The highest BCUT2D eigenvalue weighted by Gasteiger charge is 1.88. The number of hydrogen-bond donors (Lipinski definition) is 2. The smallest absolute Gasteiger partial charge is 0.0380 e. The van der Waals surface area contributed by atoms with Gasteiger partial charge in [0.15, 0.2) is 0 Å². The first-order valence-electron chi connectivity index (χ1n) is 6.05. The Balaban J connectivity index is 1.85. The summed E-state index contributed by atoms with van der Waals surface area (Å²) >= 11 is 0. The molecule has 92 valence electrons. The minimum atomic E-state index is 1.09. The van der Waals surface area contributed by atoms with Crippen molar-refractivity contribution in [1.82, 2.24) is 0 Å². The van der Waals surface area contributed by atoms with Crippen LogP contribution >= 0.6 is 0 Å². The van der Waals surface area contributed by atoms with Crippen molar-refractivity contribution in [3.05, 3.63) is 72.1 Å². The van der Waals surface area contributed by atoms with Gasteiger partial charge in [0.2, 0.25) is 0 Å². The Bertz CT molecular complexity index is 460. The third kappa shape index (κ3) is 3.67. The molecule has 0 aliphatic carbocycles. The maximum absolute atomic E-state index is 3.21. The normalized spacial score (nSPS) is 10.6. The average Bonchev–Trinajstić information content (AvgIpc) is 2.39. The van der Waals surface area contributed by atoms with E-state index in [2.05, 4.69) is 73.0 Å². The second-order valence-corrected chi connectivity index (χ2v) is 4.35. The van der Waals surface area contributed by atoms with Crippen LogP contribution in [0.5, 0.6) is 0 Å². The molecule has 0 unspecified atom stereocenters. The first kappa shape index (κ1) is 12.2. The van der Waals surface area contributed by atoms with Gasteiger partial charge in [0.25, 0.3) is 0 Å². The molecule has 18 heavy (non-hydrogen) atoms. The quantitative estimate of drug-likeness (QED) is 0.830. The molecule has 0 aliphatic heterocycles. The Morgan fingerprint density at radius 3 is 1.28 bits per heavy atom. The maximum Gasteiger partial charge on any atom is 0.0380 e. The van der Waals surface area contributed by atoms with Crippen molar-refractivity contribution < 1.29 is 0 Å². The molecule has 2 N–H and O–H groups in total. The SMILES string of the molecule is Cc1ccc(N/C=C/Nc2ccc(C)cc2)cc1. The van der Waals surface area contributed by atoms with Gasteiger partial charge in [0.05, 0.1) is 0 Å². The van der Waals surface area contributed by atoms with Crippen LogP contribution in [0, 0.1) is 13.8 Å². The molecule has 0 saturated heterocycles. The average molecular weight is 238 g/mol. The predicted octanol–water partition coefficient (Wildman–Crippen LogP) is 4.30.